The molecule has 1 aromatic carbocycles. The standard InChI is InChI=1S/C22H15N7O2S/c1-2-15-18(30)17-20(27-15)28-22(29-21(17)31-13-5-3-4-12(8-13)10-23)32-14-9-16-19(26-11-14)25-7-6-24-16/h3-9,11,30H,2H2,1H3,(H,27,28,29). The molecule has 0 bridgehead atoms. The first-order valence-electron chi connectivity index (χ1n) is 9.68. The van der Waals surface area contributed by atoms with Gasteiger partial charge in [-0.3, -0.25) is 4.98 Å². The Balaban J connectivity index is 1.59. The molecular weight excluding hydrogens is 426 g/mol. The Labute approximate surface area is 186 Å². The van der Waals surface area contributed by atoms with Crippen molar-refractivity contribution in [2.45, 2.75) is 23.4 Å². The Bertz CT molecular complexity index is 1510. The fraction of sp³-hybridized carbons (Fsp3) is 0.0909. The van der Waals surface area contributed by atoms with E-state index >= 15 is 0 Å². The maximum Gasteiger partial charge on any atom is 0.236 e. The van der Waals surface area contributed by atoms with Gasteiger partial charge in [0.25, 0.3) is 0 Å². The van der Waals surface area contributed by atoms with Crippen molar-refractivity contribution in [3.05, 3.63) is 60.2 Å². The molecule has 0 spiro atoms. The molecule has 10 heteroatoms. The number of aromatic nitrogens is 6. The summed E-state index contributed by atoms with van der Waals surface area (Å²) in [6.07, 6.45) is 5.46. The summed E-state index contributed by atoms with van der Waals surface area (Å²) in [5.74, 6) is 0.670. The molecule has 0 saturated heterocycles. The van der Waals surface area contributed by atoms with Crippen molar-refractivity contribution in [3.63, 3.8) is 0 Å². The lowest BCUT2D eigenvalue weighted by atomic mass is 10.2. The van der Waals surface area contributed by atoms with E-state index in [9.17, 15) is 5.11 Å². The number of nitrogens with zero attached hydrogens (tertiary/aromatic N) is 6. The second kappa shape index (κ2) is 8.13. The Morgan fingerprint density at radius 1 is 1.16 bits per heavy atom. The number of aryl methyl sites for hydroxylation is 1. The lowest BCUT2D eigenvalue weighted by Crippen LogP contribution is -1.95. The summed E-state index contributed by atoms with van der Waals surface area (Å²) in [5.41, 5.74) is 2.76. The van der Waals surface area contributed by atoms with Crippen molar-refractivity contribution in [2.75, 3.05) is 0 Å². The molecule has 4 aromatic heterocycles. The van der Waals surface area contributed by atoms with Gasteiger partial charge in [-0.05, 0) is 42.4 Å². The molecule has 0 fully saturated rings. The number of aromatic amines is 1. The van der Waals surface area contributed by atoms with E-state index in [4.69, 9.17) is 10.00 Å². The summed E-state index contributed by atoms with van der Waals surface area (Å²) in [6, 6.07) is 10.7. The minimum Gasteiger partial charge on any atom is -0.505 e. The first-order valence-corrected chi connectivity index (χ1v) is 10.5. The van der Waals surface area contributed by atoms with E-state index in [1.54, 1.807) is 42.9 Å². The van der Waals surface area contributed by atoms with Crippen molar-refractivity contribution in [3.8, 4) is 23.4 Å². The van der Waals surface area contributed by atoms with Gasteiger partial charge in [0.05, 0.1) is 17.3 Å². The van der Waals surface area contributed by atoms with Crippen LogP contribution in [-0.2, 0) is 6.42 Å². The summed E-state index contributed by atoms with van der Waals surface area (Å²) in [5, 5.41) is 20.6. The third-order valence-corrected chi connectivity index (χ3v) is 5.51. The number of hydrogen-bond donors (Lipinski definition) is 2. The van der Waals surface area contributed by atoms with Gasteiger partial charge in [-0.1, -0.05) is 13.0 Å². The van der Waals surface area contributed by atoms with Crippen LogP contribution in [0, 0.1) is 11.3 Å². The third-order valence-electron chi connectivity index (χ3n) is 4.69. The number of pyridine rings is 1. The molecule has 0 radical (unpaired) electrons. The Morgan fingerprint density at radius 2 is 2.03 bits per heavy atom. The van der Waals surface area contributed by atoms with Crippen LogP contribution in [0.3, 0.4) is 0 Å². The largest absolute Gasteiger partial charge is 0.505 e. The predicted octanol–water partition coefficient (Wildman–Crippen LogP) is 4.38. The SMILES string of the molecule is CCc1[nH]c2nc(Sc3cnc4nccnc4c3)nc(Oc3cccc(C#N)c3)c2c1O. The number of benzene rings is 1. The molecule has 0 aliphatic heterocycles. The van der Waals surface area contributed by atoms with Crippen LogP contribution in [-0.4, -0.2) is 35.0 Å². The number of H-pyrrole nitrogens is 1. The van der Waals surface area contributed by atoms with Gasteiger partial charge in [0.1, 0.15) is 22.3 Å². The number of fused-ring (bicyclic) bond motifs is 2. The first kappa shape index (κ1) is 19.7. The van der Waals surface area contributed by atoms with E-state index in [2.05, 4.69) is 36.0 Å². The van der Waals surface area contributed by atoms with Gasteiger partial charge < -0.3 is 14.8 Å². The zero-order chi connectivity index (χ0) is 22.1. The summed E-state index contributed by atoms with van der Waals surface area (Å²) >= 11 is 1.29. The van der Waals surface area contributed by atoms with Gasteiger partial charge in [0.2, 0.25) is 5.88 Å². The van der Waals surface area contributed by atoms with E-state index in [-0.39, 0.29) is 11.6 Å². The molecule has 32 heavy (non-hydrogen) atoms. The number of nitriles is 1. The van der Waals surface area contributed by atoms with E-state index in [1.807, 2.05) is 13.0 Å². The number of ether oxygens (including phenoxy) is 1. The third kappa shape index (κ3) is 3.66. The summed E-state index contributed by atoms with van der Waals surface area (Å²) in [4.78, 5) is 25.8. The van der Waals surface area contributed by atoms with Crippen molar-refractivity contribution < 1.29 is 9.84 Å². The summed E-state index contributed by atoms with van der Waals surface area (Å²) in [6.45, 7) is 1.92. The average Bonchev–Trinajstić information content (AvgIpc) is 3.14. The van der Waals surface area contributed by atoms with Crippen LogP contribution in [0.4, 0.5) is 0 Å². The predicted molar refractivity (Wildman–Crippen MR) is 118 cm³/mol. The fourth-order valence-electron chi connectivity index (χ4n) is 3.19. The van der Waals surface area contributed by atoms with Gasteiger partial charge in [-0.25, -0.2) is 15.0 Å². The zero-order valence-electron chi connectivity index (χ0n) is 16.8. The van der Waals surface area contributed by atoms with Crippen molar-refractivity contribution in [1.29, 1.82) is 5.26 Å². The van der Waals surface area contributed by atoms with E-state index in [0.717, 1.165) is 4.90 Å². The smallest absolute Gasteiger partial charge is 0.236 e. The topological polar surface area (TPSA) is 133 Å². The van der Waals surface area contributed by atoms with Gasteiger partial charge in [-0.15, -0.1) is 0 Å². The molecule has 0 atom stereocenters. The molecule has 2 N–H and O–H groups in total. The second-order valence-corrected chi connectivity index (χ2v) is 7.80. The molecule has 5 aromatic rings. The van der Waals surface area contributed by atoms with E-state index in [0.29, 0.717) is 50.8 Å². The Morgan fingerprint density at radius 3 is 2.88 bits per heavy atom. The monoisotopic (exact) mass is 441 g/mol. The Kier molecular flexibility index (Phi) is 5.01. The average molecular weight is 441 g/mol. The highest BCUT2D eigenvalue weighted by molar-refractivity contribution is 7.99. The summed E-state index contributed by atoms with van der Waals surface area (Å²) < 4.78 is 5.99. The van der Waals surface area contributed by atoms with Crippen molar-refractivity contribution in [2.24, 2.45) is 0 Å². The van der Waals surface area contributed by atoms with Crippen LogP contribution in [0.25, 0.3) is 22.2 Å². The van der Waals surface area contributed by atoms with E-state index < -0.39 is 0 Å². The second-order valence-electron chi connectivity index (χ2n) is 6.75. The number of aromatic hydroxyl groups is 1. The molecule has 5 rings (SSSR count). The molecule has 9 nitrogen and oxygen atoms in total. The molecule has 0 aliphatic rings. The number of hydrogen-bond acceptors (Lipinski definition) is 9. The zero-order valence-corrected chi connectivity index (χ0v) is 17.6. The van der Waals surface area contributed by atoms with Gasteiger partial charge >= 0.3 is 0 Å². The maximum absolute atomic E-state index is 10.7. The minimum absolute atomic E-state index is 0.0492. The maximum atomic E-state index is 10.7. The number of rotatable bonds is 5. The molecule has 0 aliphatic carbocycles. The normalized spacial score (nSPS) is 11.0. The van der Waals surface area contributed by atoms with Crippen LogP contribution in [0.15, 0.2) is 59.0 Å². The highest BCUT2D eigenvalue weighted by atomic mass is 32.2. The van der Waals surface area contributed by atoms with Crippen molar-refractivity contribution in [1.82, 2.24) is 29.9 Å². The molecule has 4 heterocycles. The number of nitrogens with one attached hydrogen (secondary N) is 1. The summed E-state index contributed by atoms with van der Waals surface area (Å²) in [7, 11) is 0. The molecule has 0 amide bonds. The van der Waals surface area contributed by atoms with Gasteiger partial charge in [0.15, 0.2) is 16.6 Å². The van der Waals surface area contributed by atoms with Crippen LogP contribution >= 0.6 is 11.8 Å². The lowest BCUT2D eigenvalue weighted by Gasteiger charge is -2.08. The van der Waals surface area contributed by atoms with E-state index in [1.165, 1.54) is 11.8 Å². The molecular formula is C22H15N7O2S. The van der Waals surface area contributed by atoms with Crippen LogP contribution in [0.2, 0.25) is 0 Å². The van der Waals surface area contributed by atoms with Crippen LogP contribution in [0.5, 0.6) is 17.4 Å². The molecule has 156 valence electrons. The van der Waals surface area contributed by atoms with Crippen LogP contribution < -0.4 is 4.74 Å². The molecule has 0 unspecified atom stereocenters. The van der Waals surface area contributed by atoms with Crippen LogP contribution in [0.1, 0.15) is 18.2 Å². The fourth-order valence-corrected chi connectivity index (χ4v) is 3.95. The van der Waals surface area contributed by atoms with Crippen molar-refractivity contribution >= 4 is 34.0 Å². The minimum atomic E-state index is 0.0492. The quantitative estimate of drug-likeness (QED) is 0.381. The first-order chi connectivity index (χ1) is 15.6. The highest BCUT2D eigenvalue weighted by Crippen LogP contribution is 2.39. The van der Waals surface area contributed by atoms with Gasteiger partial charge in [0, 0.05) is 23.5 Å². The lowest BCUT2D eigenvalue weighted by molar-refractivity contribution is 0.451. The Hall–Kier alpha value is -4.23. The van der Waals surface area contributed by atoms with Gasteiger partial charge in [-0.2, -0.15) is 10.2 Å². The highest BCUT2D eigenvalue weighted by Gasteiger charge is 2.20. The molecule has 0 saturated carbocycles.